The highest BCUT2D eigenvalue weighted by Gasteiger charge is 2.39. The van der Waals surface area contributed by atoms with E-state index in [9.17, 15) is 14.5 Å². The standard InChI is InChI=1S/C17H18N2O5.H2O/c1-9-13(16(20)23-3)15(11-7-5-6-8-12(11)19-22)14(10(2)18-9)17(21)24-4;/h5-8,15,18H,1-4H3;1H2. The molecule has 0 unspecified atom stereocenters. The molecule has 0 saturated carbocycles. The number of carbonyl (C=O) groups is 2. The van der Waals surface area contributed by atoms with Gasteiger partial charge in [0.1, 0.15) is 0 Å². The third-order valence-corrected chi connectivity index (χ3v) is 3.95. The minimum atomic E-state index is -0.774. The smallest absolute Gasteiger partial charge is 0.336 e. The second-order valence-corrected chi connectivity index (χ2v) is 5.31. The van der Waals surface area contributed by atoms with Crippen LogP contribution in [0.3, 0.4) is 0 Å². The summed E-state index contributed by atoms with van der Waals surface area (Å²) in [7, 11) is 2.53. The highest BCUT2D eigenvalue weighted by atomic mass is 16.5. The van der Waals surface area contributed by atoms with Crippen molar-refractivity contribution in [3.05, 3.63) is 57.3 Å². The highest BCUT2D eigenvalue weighted by molar-refractivity contribution is 6.00. The van der Waals surface area contributed by atoms with E-state index in [1.54, 1.807) is 38.1 Å². The minimum Gasteiger partial charge on any atom is -0.870 e. The fraction of sp³-hybridized carbons (Fsp3) is 0.294. The number of esters is 2. The fourth-order valence-electron chi connectivity index (χ4n) is 2.91. The molecule has 134 valence electrons. The Balaban J connectivity index is 0.00000312. The van der Waals surface area contributed by atoms with Gasteiger partial charge in [-0.15, -0.1) is 0 Å². The number of nitrogens with one attached hydrogen (secondary N) is 2. The zero-order valence-corrected chi connectivity index (χ0v) is 14.4. The molecule has 0 amide bonds. The molecule has 0 bridgehead atoms. The molecule has 0 saturated heterocycles. The number of rotatable bonds is 4. The largest absolute Gasteiger partial charge is 0.870 e. The Bertz CT molecular complexity index is 728. The molecule has 0 spiro atoms. The Hall–Kier alpha value is -3.00. The Kier molecular flexibility index (Phi) is 6.58. The number of benzene rings is 1. The number of hydrogen-bond donors (Lipinski definition) is 2. The monoisotopic (exact) mass is 348 g/mol. The zero-order valence-electron chi connectivity index (χ0n) is 14.4. The van der Waals surface area contributed by atoms with Crippen LogP contribution in [-0.2, 0) is 19.1 Å². The summed E-state index contributed by atoms with van der Waals surface area (Å²) in [4.78, 5) is 36.0. The van der Waals surface area contributed by atoms with Crippen molar-refractivity contribution in [3.8, 4) is 0 Å². The number of para-hydroxylation sites is 1. The third-order valence-electron chi connectivity index (χ3n) is 3.95. The predicted molar refractivity (Wildman–Crippen MR) is 87.7 cm³/mol. The van der Waals surface area contributed by atoms with E-state index in [1.807, 2.05) is 5.18 Å². The fourth-order valence-corrected chi connectivity index (χ4v) is 2.91. The van der Waals surface area contributed by atoms with Crippen molar-refractivity contribution in [1.29, 1.82) is 0 Å². The maximum atomic E-state index is 12.3. The lowest BCUT2D eigenvalue weighted by molar-refractivity contribution is -0.380. The van der Waals surface area contributed by atoms with Gasteiger partial charge in [0.2, 0.25) is 0 Å². The molecule has 25 heavy (non-hydrogen) atoms. The van der Waals surface area contributed by atoms with Crippen molar-refractivity contribution in [2.75, 3.05) is 14.2 Å². The van der Waals surface area contributed by atoms with E-state index in [2.05, 4.69) is 5.32 Å². The van der Waals surface area contributed by atoms with E-state index < -0.39 is 17.9 Å². The summed E-state index contributed by atoms with van der Waals surface area (Å²) in [5.74, 6) is -1.94. The summed E-state index contributed by atoms with van der Waals surface area (Å²) in [5.41, 5.74) is 2.38. The van der Waals surface area contributed by atoms with Gasteiger partial charge >= 0.3 is 11.9 Å². The average molecular weight is 348 g/mol. The van der Waals surface area contributed by atoms with Crippen LogP contribution in [-0.4, -0.2) is 31.6 Å². The Labute approximate surface area is 144 Å². The summed E-state index contributed by atoms with van der Waals surface area (Å²) in [5, 5.41) is 4.86. The summed E-state index contributed by atoms with van der Waals surface area (Å²) in [6.45, 7) is 3.42. The molecule has 0 atom stereocenters. The molecule has 8 heteroatoms. The van der Waals surface area contributed by atoms with Gasteiger partial charge in [0.25, 0.3) is 5.69 Å². The lowest BCUT2D eigenvalue weighted by Crippen LogP contribution is -2.56. The van der Waals surface area contributed by atoms with E-state index in [0.29, 0.717) is 17.0 Å². The van der Waals surface area contributed by atoms with E-state index in [1.165, 1.54) is 14.2 Å². The number of ether oxygens (including phenoxy) is 2. The molecule has 0 aliphatic carbocycles. The number of nitroso groups, excluding NO2 is 1. The summed E-state index contributed by atoms with van der Waals surface area (Å²) >= 11 is 0. The lowest BCUT2D eigenvalue weighted by Gasteiger charge is -2.29. The topological polar surface area (TPSA) is 126 Å². The lowest BCUT2D eigenvalue weighted by atomic mass is 9.80. The van der Waals surface area contributed by atoms with Gasteiger partial charge in [0.05, 0.1) is 31.3 Å². The van der Waals surface area contributed by atoms with Crippen molar-refractivity contribution in [2.24, 2.45) is 0 Å². The molecule has 0 aromatic heterocycles. The molecule has 1 aromatic rings. The minimum absolute atomic E-state index is 0. The molecule has 0 fully saturated rings. The number of hydrogen-bond acceptors (Lipinski definition) is 7. The van der Waals surface area contributed by atoms with Crippen molar-refractivity contribution >= 4 is 17.6 Å². The summed E-state index contributed by atoms with van der Waals surface area (Å²) in [6.07, 6.45) is 0. The first-order valence-electron chi connectivity index (χ1n) is 7.28. The Morgan fingerprint density at radius 2 is 1.48 bits per heavy atom. The summed E-state index contributed by atoms with van der Waals surface area (Å²) < 4.78 is 9.74. The summed E-state index contributed by atoms with van der Waals surface area (Å²) in [6, 6.07) is 6.68. The number of dihydropyridines is 1. The van der Waals surface area contributed by atoms with Gasteiger partial charge in [-0.2, -0.15) is 0 Å². The van der Waals surface area contributed by atoms with Crippen molar-refractivity contribution in [3.63, 3.8) is 0 Å². The van der Waals surface area contributed by atoms with Crippen LogP contribution in [0.5, 0.6) is 0 Å². The van der Waals surface area contributed by atoms with Crippen molar-refractivity contribution < 1.29 is 29.7 Å². The zero-order chi connectivity index (χ0) is 17.9. The number of methoxy groups -OCH3 is 2. The van der Waals surface area contributed by atoms with Crippen LogP contribution in [0.15, 0.2) is 46.8 Å². The molecule has 1 aliphatic rings. The average Bonchev–Trinajstić information content (AvgIpc) is 2.59. The number of carbonyl (C=O) groups excluding carboxylic acids is 2. The van der Waals surface area contributed by atoms with Crippen LogP contribution in [0.25, 0.3) is 0 Å². The van der Waals surface area contributed by atoms with Crippen LogP contribution in [0.2, 0.25) is 0 Å². The molecule has 3 N–H and O–H groups in total. The van der Waals surface area contributed by atoms with Crippen molar-refractivity contribution in [1.82, 2.24) is 5.32 Å². The molecule has 1 aromatic carbocycles. The quantitative estimate of drug-likeness (QED) is 0.762. The van der Waals surface area contributed by atoms with Gasteiger partial charge in [0, 0.05) is 33.1 Å². The molecular formula is C17H20N2O6. The third kappa shape index (κ3) is 3.58. The van der Waals surface area contributed by atoms with Gasteiger partial charge < -0.3 is 20.3 Å². The maximum absolute atomic E-state index is 12.3. The number of allylic oxidation sites excluding steroid dienone is 2. The molecule has 1 aliphatic heterocycles. The maximum Gasteiger partial charge on any atom is 0.336 e. The van der Waals surface area contributed by atoms with Crippen molar-refractivity contribution in [2.45, 2.75) is 19.8 Å². The highest BCUT2D eigenvalue weighted by Crippen LogP contribution is 2.40. The first kappa shape index (κ1) is 20.0. The predicted octanol–water partition coefficient (Wildman–Crippen LogP) is 0.569. The molecular weight excluding hydrogens is 328 g/mol. The Morgan fingerprint density at radius 3 is 1.92 bits per heavy atom. The first-order valence-corrected chi connectivity index (χ1v) is 7.28. The van der Waals surface area contributed by atoms with E-state index in [-0.39, 0.29) is 22.3 Å². The molecule has 2 rings (SSSR count). The van der Waals surface area contributed by atoms with Crippen LogP contribution in [0.1, 0.15) is 25.3 Å². The molecule has 0 radical (unpaired) electrons. The SMILES string of the molecule is COC(=O)C1=C(C)NC(C)=C(C(=O)OC)C1c1ccccc1[NH+]=O.[OH-]. The van der Waals surface area contributed by atoms with Crippen LogP contribution in [0, 0.1) is 4.91 Å². The van der Waals surface area contributed by atoms with Crippen LogP contribution < -0.4 is 10.5 Å². The van der Waals surface area contributed by atoms with E-state index in [4.69, 9.17) is 9.47 Å². The van der Waals surface area contributed by atoms with Gasteiger partial charge in [-0.05, 0) is 13.8 Å². The van der Waals surface area contributed by atoms with Gasteiger partial charge in [-0.3, -0.25) is 0 Å². The second-order valence-electron chi connectivity index (χ2n) is 5.31. The van der Waals surface area contributed by atoms with E-state index in [0.717, 1.165) is 0 Å². The van der Waals surface area contributed by atoms with Gasteiger partial charge in [0.15, 0.2) is 0 Å². The van der Waals surface area contributed by atoms with Crippen LogP contribution in [0.4, 0.5) is 5.69 Å². The van der Waals surface area contributed by atoms with Gasteiger partial charge in [-0.25, -0.2) is 9.59 Å². The normalized spacial score (nSPS) is 14.4. The second kappa shape index (κ2) is 8.20. The molecule has 8 nitrogen and oxygen atoms in total. The van der Waals surface area contributed by atoms with Crippen LogP contribution >= 0.6 is 0 Å². The Morgan fingerprint density at radius 1 is 1.00 bits per heavy atom. The first-order chi connectivity index (χ1) is 11.5. The van der Waals surface area contributed by atoms with E-state index >= 15 is 0 Å². The van der Waals surface area contributed by atoms with Gasteiger partial charge in [-0.1, -0.05) is 18.2 Å². The molecule has 1 heterocycles.